The Balaban J connectivity index is 0.000000286. The summed E-state index contributed by atoms with van der Waals surface area (Å²) in [4.78, 5) is 46.2. The van der Waals surface area contributed by atoms with Crippen LogP contribution in [0.4, 0.5) is 0 Å². The highest BCUT2D eigenvalue weighted by molar-refractivity contribution is 7.88. The number of primary amides is 1. The number of nitrogens with one attached hydrogen (secondary N) is 2. The topological polar surface area (TPSA) is 182 Å². The predicted octanol–water partition coefficient (Wildman–Crippen LogP) is -0.446. The van der Waals surface area contributed by atoms with Gasteiger partial charge in [-0.2, -0.15) is 0 Å². The third-order valence-corrected chi connectivity index (χ3v) is 6.45. The van der Waals surface area contributed by atoms with E-state index in [1.165, 1.54) is 0 Å². The molecule has 12 heteroatoms. The molecule has 4 amide bonds. The van der Waals surface area contributed by atoms with Gasteiger partial charge in [0.05, 0.1) is 6.26 Å². The zero-order valence-electron chi connectivity index (χ0n) is 21.1. The smallest absolute Gasteiger partial charge is 0.240 e. The first kappa shape index (κ1) is 29.8. The van der Waals surface area contributed by atoms with Crippen LogP contribution >= 0.6 is 0 Å². The van der Waals surface area contributed by atoms with Crippen molar-refractivity contribution in [1.82, 2.24) is 15.5 Å². The van der Waals surface area contributed by atoms with Crippen LogP contribution in [0, 0.1) is 28.6 Å². The van der Waals surface area contributed by atoms with Gasteiger partial charge in [0.2, 0.25) is 34.2 Å². The summed E-state index contributed by atoms with van der Waals surface area (Å²) in [6.45, 7) is 13.7. The zero-order chi connectivity index (χ0) is 26.5. The quantitative estimate of drug-likeness (QED) is 0.356. The summed E-state index contributed by atoms with van der Waals surface area (Å²) in [5, 5.41) is 9.27. The molecular formula is C22H41N5O6S. The Hall–Kier alpha value is -2.21. The molecule has 196 valence electrons. The van der Waals surface area contributed by atoms with Crippen molar-refractivity contribution in [3.05, 3.63) is 0 Å². The van der Waals surface area contributed by atoms with Crippen LogP contribution in [0.2, 0.25) is 0 Å². The largest absolute Gasteiger partial charge is 0.368 e. The second kappa shape index (κ2) is 11.5. The Morgan fingerprint density at radius 2 is 1.76 bits per heavy atom. The lowest BCUT2D eigenvalue weighted by Crippen LogP contribution is -2.42. The van der Waals surface area contributed by atoms with Crippen LogP contribution in [0.15, 0.2) is 0 Å². The van der Waals surface area contributed by atoms with Crippen molar-refractivity contribution >= 4 is 34.2 Å². The van der Waals surface area contributed by atoms with Crippen LogP contribution in [0.3, 0.4) is 0 Å². The second-order valence-corrected chi connectivity index (χ2v) is 12.8. The highest BCUT2D eigenvalue weighted by atomic mass is 32.2. The fourth-order valence-electron chi connectivity index (χ4n) is 4.40. The molecule has 0 spiro atoms. The molecule has 0 bridgehead atoms. The van der Waals surface area contributed by atoms with E-state index in [-0.39, 0.29) is 23.7 Å². The summed E-state index contributed by atoms with van der Waals surface area (Å²) >= 11 is 0. The molecule has 1 saturated carbocycles. The first-order valence-corrected chi connectivity index (χ1v) is 13.3. The van der Waals surface area contributed by atoms with Gasteiger partial charge in [0.25, 0.3) is 0 Å². The maximum atomic E-state index is 12.0. The molecule has 1 unspecified atom stereocenters. The van der Waals surface area contributed by atoms with E-state index < -0.39 is 22.0 Å². The van der Waals surface area contributed by atoms with Gasteiger partial charge in [-0.25, -0.2) is 13.6 Å². The Labute approximate surface area is 202 Å². The van der Waals surface area contributed by atoms with Crippen molar-refractivity contribution in [2.75, 3.05) is 25.9 Å². The van der Waals surface area contributed by atoms with E-state index in [2.05, 4.69) is 55.3 Å². The number of hydrogen-bond acceptors (Lipinski definition) is 6. The molecule has 6 N–H and O–H groups in total. The summed E-state index contributed by atoms with van der Waals surface area (Å²) in [6, 6.07) is -0.749. The highest BCUT2D eigenvalue weighted by Crippen LogP contribution is 2.62. The Bertz CT molecular complexity index is 846. The second-order valence-electron chi connectivity index (χ2n) is 11.2. The average Bonchev–Trinajstić information content (AvgIpc) is 3.05. The molecule has 4 atom stereocenters. The molecule has 2 saturated heterocycles. The van der Waals surface area contributed by atoms with E-state index in [0.29, 0.717) is 37.1 Å². The monoisotopic (exact) mass is 503 g/mol. The van der Waals surface area contributed by atoms with Gasteiger partial charge in [0, 0.05) is 32.0 Å². The Kier molecular flexibility index (Phi) is 10.1. The van der Waals surface area contributed by atoms with Gasteiger partial charge in [-0.3, -0.25) is 19.2 Å². The highest BCUT2D eigenvalue weighted by Gasteiger charge is 2.62. The molecule has 3 aliphatic rings. The van der Waals surface area contributed by atoms with Crippen molar-refractivity contribution in [3.63, 3.8) is 0 Å². The lowest BCUT2D eigenvalue weighted by Gasteiger charge is -2.26. The lowest BCUT2D eigenvalue weighted by molar-refractivity contribution is -0.133. The molecule has 1 aliphatic carbocycles. The van der Waals surface area contributed by atoms with Crippen LogP contribution in [-0.4, -0.2) is 69.4 Å². The number of amides is 4. The summed E-state index contributed by atoms with van der Waals surface area (Å²) in [5.41, 5.74) is 5.69. The van der Waals surface area contributed by atoms with Gasteiger partial charge in [-0.05, 0) is 35.5 Å². The predicted molar refractivity (Wildman–Crippen MR) is 128 cm³/mol. The van der Waals surface area contributed by atoms with Gasteiger partial charge in [0.1, 0.15) is 6.04 Å². The molecule has 11 nitrogen and oxygen atoms in total. The van der Waals surface area contributed by atoms with E-state index in [1.807, 2.05) is 0 Å². The van der Waals surface area contributed by atoms with Gasteiger partial charge in [0.15, 0.2) is 0 Å². The van der Waals surface area contributed by atoms with Crippen LogP contribution in [-0.2, 0) is 29.2 Å². The number of carbonyl (C=O) groups excluding carboxylic acids is 4. The summed E-state index contributed by atoms with van der Waals surface area (Å²) in [6.07, 6.45) is 3.01. The Morgan fingerprint density at radius 1 is 1.26 bits per heavy atom. The van der Waals surface area contributed by atoms with E-state index in [4.69, 9.17) is 5.73 Å². The van der Waals surface area contributed by atoms with Crippen LogP contribution < -0.4 is 21.5 Å². The van der Waals surface area contributed by atoms with Gasteiger partial charge < -0.3 is 21.3 Å². The standard InChI is InChI=1S/C13H23NO.C8H13N3O3.CH5NO2S/c1-12(2,3)6-11(15)14-7-9-10(8-14)13(9,4)5;9-7(13)6(11-4-12)3-5-1-2-10-8(5)14;1-5(2,3)4/h9-10H,6-8H2,1-5H3;4-6H,1-3H2,(H2,9,13)(H,10,14)(H,11,12);1H3,(H2,2,3,4)/t9-,10?;5-,6-;/m00./s1. The number of piperidine rings is 1. The number of hydrogen-bond donors (Lipinski definition) is 4. The number of nitrogens with zero attached hydrogens (tertiary/aromatic N) is 1. The number of sulfonamides is 1. The average molecular weight is 504 g/mol. The van der Waals surface area contributed by atoms with Crippen molar-refractivity contribution in [2.24, 2.45) is 39.5 Å². The first-order chi connectivity index (χ1) is 15.4. The number of rotatable bonds is 6. The number of carbonyl (C=O) groups is 4. The number of likely N-dealkylation sites (tertiary alicyclic amines) is 1. The van der Waals surface area contributed by atoms with E-state index in [0.717, 1.165) is 31.2 Å². The maximum Gasteiger partial charge on any atom is 0.240 e. The van der Waals surface area contributed by atoms with Crippen molar-refractivity contribution in [1.29, 1.82) is 0 Å². The van der Waals surface area contributed by atoms with Crippen LogP contribution in [0.1, 0.15) is 53.9 Å². The fourth-order valence-corrected chi connectivity index (χ4v) is 4.40. The molecule has 0 aromatic heterocycles. The molecule has 3 rings (SSSR count). The molecule has 3 fully saturated rings. The van der Waals surface area contributed by atoms with Crippen LogP contribution in [0.25, 0.3) is 0 Å². The SMILES string of the molecule is CC(C)(C)CC(=O)N1CC2[C@H](C1)C2(C)C.CS(N)(=O)=O.NC(=O)[C@H](C[C@@H]1CCNC1=O)NC=O. The summed E-state index contributed by atoms with van der Waals surface area (Å²) < 4.78 is 18.8. The number of primary sulfonamides is 1. The summed E-state index contributed by atoms with van der Waals surface area (Å²) in [5.74, 6) is 0.994. The lowest BCUT2D eigenvalue weighted by atomic mass is 9.91. The van der Waals surface area contributed by atoms with E-state index in [9.17, 15) is 27.6 Å². The normalized spacial score (nSPS) is 25.4. The van der Waals surface area contributed by atoms with E-state index in [1.54, 1.807) is 0 Å². The third-order valence-electron chi connectivity index (χ3n) is 6.45. The van der Waals surface area contributed by atoms with Gasteiger partial charge in [-0.15, -0.1) is 0 Å². The minimum Gasteiger partial charge on any atom is -0.368 e. The Morgan fingerprint density at radius 3 is 2.12 bits per heavy atom. The molecular weight excluding hydrogens is 462 g/mol. The third kappa shape index (κ3) is 9.96. The van der Waals surface area contributed by atoms with Crippen LogP contribution in [0.5, 0.6) is 0 Å². The van der Waals surface area contributed by atoms with Crippen molar-refractivity contribution < 1.29 is 27.6 Å². The van der Waals surface area contributed by atoms with E-state index >= 15 is 0 Å². The fraction of sp³-hybridized carbons (Fsp3) is 0.818. The molecule has 2 heterocycles. The number of nitrogens with two attached hydrogens (primary N) is 2. The first-order valence-electron chi connectivity index (χ1n) is 11.4. The van der Waals surface area contributed by atoms with Gasteiger partial charge >= 0.3 is 0 Å². The minimum absolute atomic E-state index is 0.0797. The van der Waals surface area contributed by atoms with Crippen molar-refractivity contribution in [2.45, 2.75) is 59.9 Å². The number of fused-ring (bicyclic) bond motifs is 1. The molecule has 2 aliphatic heterocycles. The maximum absolute atomic E-state index is 12.0. The molecule has 0 aromatic carbocycles. The molecule has 34 heavy (non-hydrogen) atoms. The zero-order valence-corrected chi connectivity index (χ0v) is 21.9. The van der Waals surface area contributed by atoms with Gasteiger partial charge in [-0.1, -0.05) is 34.6 Å². The summed E-state index contributed by atoms with van der Waals surface area (Å²) in [7, 11) is -3.17. The molecule has 0 radical (unpaired) electrons. The van der Waals surface area contributed by atoms with Crippen molar-refractivity contribution in [3.8, 4) is 0 Å². The molecule has 0 aromatic rings. The minimum atomic E-state index is -3.17.